The Morgan fingerprint density at radius 1 is 1.06 bits per heavy atom. The topological polar surface area (TPSA) is 95.1 Å². The number of carbonyl (C=O) groups is 1. The summed E-state index contributed by atoms with van der Waals surface area (Å²) in [6, 6.07) is 5.90. The fourth-order valence-electron chi connectivity index (χ4n) is 4.68. The number of nitrogens with zero attached hydrogens (tertiary/aromatic N) is 6. The fourth-order valence-corrected chi connectivity index (χ4v) is 4.68. The maximum Gasteiger partial charge on any atom is 0.410 e. The molecule has 0 spiro atoms. The lowest BCUT2D eigenvalue weighted by Crippen LogP contribution is -2.43. The maximum atomic E-state index is 13.4. The van der Waals surface area contributed by atoms with Crippen molar-refractivity contribution in [2.24, 2.45) is 7.05 Å². The fraction of sp³-hybridized carbons (Fsp3) is 0.423. The summed E-state index contributed by atoms with van der Waals surface area (Å²) in [5, 5.41) is 0.875. The van der Waals surface area contributed by atoms with E-state index in [1.165, 1.54) is 0 Å². The standard InChI is InChI=1S/C26H30N6O3/c1-16-6-7-17(13-27-16)20-12-19-21(14-28-20)29-15-22-23(19)32(24(33)30(22)5)18-8-10-31(11-9-18)25(34)35-26(2,3)4/h6-7,12-15,18H,8-11H2,1-5H3. The highest BCUT2D eigenvalue weighted by molar-refractivity contribution is 6.03. The summed E-state index contributed by atoms with van der Waals surface area (Å²) in [4.78, 5) is 41.2. The van der Waals surface area contributed by atoms with E-state index in [0.717, 1.165) is 38.9 Å². The highest BCUT2D eigenvalue weighted by Gasteiger charge is 2.30. The van der Waals surface area contributed by atoms with Crippen molar-refractivity contribution < 1.29 is 9.53 Å². The van der Waals surface area contributed by atoms with Crippen LogP contribution in [0.2, 0.25) is 0 Å². The van der Waals surface area contributed by atoms with Crippen LogP contribution >= 0.6 is 0 Å². The Bertz CT molecular complexity index is 1470. The third-order valence-electron chi connectivity index (χ3n) is 6.49. The van der Waals surface area contributed by atoms with Gasteiger partial charge in [0.25, 0.3) is 0 Å². The smallest absolute Gasteiger partial charge is 0.410 e. The number of hydrogen-bond donors (Lipinski definition) is 0. The van der Waals surface area contributed by atoms with Gasteiger partial charge in [-0.15, -0.1) is 0 Å². The highest BCUT2D eigenvalue weighted by Crippen LogP contribution is 2.31. The van der Waals surface area contributed by atoms with Gasteiger partial charge in [-0.3, -0.25) is 24.1 Å². The Kier molecular flexibility index (Phi) is 5.57. The first-order valence-corrected chi connectivity index (χ1v) is 11.9. The van der Waals surface area contributed by atoms with Gasteiger partial charge in [0.1, 0.15) is 5.60 Å². The van der Waals surface area contributed by atoms with E-state index in [2.05, 4.69) is 15.0 Å². The molecule has 1 aliphatic heterocycles. The number of aromatic nitrogens is 5. The SMILES string of the molecule is Cc1ccc(-c2cc3c(cn2)ncc2c3n(C3CCN(C(=O)OC(C)(C)C)CC3)c(=O)n2C)cn1. The minimum atomic E-state index is -0.537. The Hall–Kier alpha value is -3.75. The van der Waals surface area contributed by atoms with Crippen molar-refractivity contribution in [1.82, 2.24) is 29.0 Å². The molecule has 5 rings (SSSR count). The third-order valence-corrected chi connectivity index (χ3v) is 6.49. The summed E-state index contributed by atoms with van der Waals surface area (Å²) in [6.45, 7) is 8.61. The van der Waals surface area contributed by atoms with Crippen LogP contribution in [-0.2, 0) is 11.8 Å². The monoisotopic (exact) mass is 474 g/mol. The zero-order valence-corrected chi connectivity index (χ0v) is 20.8. The molecular formula is C26H30N6O3. The molecule has 0 bridgehead atoms. The van der Waals surface area contributed by atoms with E-state index in [-0.39, 0.29) is 17.8 Å². The van der Waals surface area contributed by atoms with Crippen molar-refractivity contribution >= 4 is 28.0 Å². The van der Waals surface area contributed by atoms with Gasteiger partial charge in [0.2, 0.25) is 0 Å². The van der Waals surface area contributed by atoms with Gasteiger partial charge in [-0.05, 0) is 58.7 Å². The molecule has 4 aromatic rings. The second-order valence-electron chi connectivity index (χ2n) is 10.2. The zero-order chi connectivity index (χ0) is 24.9. The predicted octanol–water partition coefficient (Wildman–Crippen LogP) is 4.23. The van der Waals surface area contributed by atoms with Crippen molar-refractivity contribution in [1.29, 1.82) is 0 Å². The first-order valence-electron chi connectivity index (χ1n) is 11.9. The van der Waals surface area contributed by atoms with Crippen LogP contribution in [0.25, 0.3) is 33.2 Å². The zero-order valence-electron chi connectivity index (χ0n) is 20.8. The third kappa shape index (κ3) is 4.26. The summed E-state index contributed by atoms with van der Waals surface area (Å²) in [5.41, 5.74) is 4.36. The summed E-state index contributed by atoms with van der Waals surface area (Å²) in [7, 11) is 1.77. The van der Waals surface area contributed by atoms with Crippen molar-refractivity contribution in [3.8, 4) is 11.3 Å². The molecule has 0 atom stereocenters. The first-order chi connectivity index (χ1) is 16.6. The van der Waals surface area contributed by atoms with Crippen LogP contribution in [0.5, 0.6) is 0 Å². The Balaban J connectivity index is 1.55. The molecule has 0 unspecified atom stereocenters. The van der Waals surface area contributed by atoms with Gasteiger partial charge in [-0.1, -0.05) is 0 Å². The molecule has 1 amide bonds. The van der Waals surface area contributed by atoms with Crippen molar-refractivity contribution in [3.05, 3.63) is 53.0 Å². The molecule has 5 heterocycles. The molecule has 182 valence electrons. The van der Waals surface area contributed by atoms with E-state index in [0.29, 0.717) is 25.9 Å². The van der Waals surface area contributed by atoms with Crippen LogP contribution in [0.1, 0.15) is 45.3 Å². The average Bonchev–Trinajstić information content (AvgIpc) is 3.08. The first kappa shape index (κ1) is 23.0. The lowest BCUT2D eigenvalue weighted by Gasteiger charge is -2.33. The summed E-state index contributed by atoms with van der Waals surface area (Å²) in [5.74, 6) is 0. The molecule has 0 aromatic carbocycles. The molecule has 4 aromatic heterocycles. The van der Waals surface area contributed by atoms with E-state index in [4.69, 9.17) is 4.74 Å². The summed E-state index contributed by atoms with van der Waals surface area (Å²) in [6.07, 6.45) is 6.32. The summed E-state index contributed by atoms with van der Waals surface area (Å²) < 4.78 is 9.06. The largest absolute Gasteiger partial charge is 0.444 e. The number of carbonyl (C=O) groups excluding carboxylic acids is 1. The van der Waals surface area contributed by atoms with E-state index in [1.54, 1.807) is 28.9 Å². The van der Waals surface area contributed by atoms with Gasteiger partial charge >= 0.3 is 11.8 Å². The quantitative estimate of drug-likeness (QED) is 0.432. The molecule has 0 radical (unpaired) electrons. The number of likely N-dealkylation sites (tertiary alicyclic amines) is 1. The molecular weight excluding hydrogens is 444 g/mol. The van der Waals surface area contributed by atoms with Crippen molar-refractivity contribution in [2.45, 2.75) is 52.2 Å². The lowest BCUT2D eigenvalue weighted by atomic mass is 10.0. The molecule has 1 fully saturated rings. The number of hydrogen-bond acceptors (Lipinski definition) is 6. The van der Waals surface area contributed by atoms with Gasteiger partial charge in [-0.2, -0.15) is 0 Å². The summed E-state index contributed by atoms with van der Waals surface area (Å²) >= 11 is 0. The van der Waals surface area contributed by atoms with Gasteiger partial charge in [-0.25, -0.2) is 9.59 Å². The lowest BCUT2D eigenvalue weighted by molar-refractivity contribution is 0.0188. The molecule has 0 N–H and O–H groups in total. The van der Waals surface area contributed by atoms with Gasteiger partial charge in [0.15, 0.2) is 0 Å². The van der Waals surface area contributed by atoms with Crippen LogP contribution in [-0.4, -0.2) is 53.8 Å². The van der Waals surface area contributed by atoms with Crippen LogP contribution in [0, 0.1) is 6.92 Å². The molecule has 9 heteroatoms. The minimum Gasteiger partial charge on any atom is -0.444 e. The number of ether oxygens (including phenoxy) is 1. The van der Waals surface area contributed by atoms with Crippen molar-refractivity contribution in [2.75, 3.05) is 13.1 Å². The van der Waals surface area contributed by atoms with Crippen LogP contribution in [0.3, 0.4) is 0 Å². The molecule has 0 saturated carbocycles. The molecule has 1 aliphatic rings. The van der Waals surface area contributed by atoms with Crippen LogP contribution in [0.15, 0.2) is 41.6 Å². The number of amides is 1. The van der Waals surface area contributed by atoms with Gasteiger partial charge in [0.05, 0.1) is 34.6 Å². The number of aryl methyl sites for hydroxylation is 2. The van der Waals surface area contributed by atoms with Crippen LogP contribution in [0.4, 0.5) is 4.79 Å². The molecule has 1 saturated heterocycles. The highest BCUT2D eigenvalue weighted by atomic mass is 16.6. The van der Waals surface area contributed by atoms with E-state index in [1.807, 2.05) is 56.7 Å². The maximum absolute atomic E-state index is 13.4. The van der Waals surface area contributed by atoms with E-state index < -0.39 is 5.60 Å². The second-order valence-corrected chi connectivity index (χ2v) is 10.2. The van der Waals surface area contributed by atoms with Gasteiger partial charge < -0.3 is 9.64 Å². The number of fused-ring (bicyclic) bond motifs is 3. The normalized spacial score (nSPS) is 15.2. The number of pyridine rings is 3. The molecule has 35 heavy (non-hydrogen) atoms. The average molecular weight is 475 g/mol. The predicted molar refractivity (Wildman–Crippen MR) is 134 cm³/mol. The van der Waals surface area contributed by atoms with E-state index >= 15 is 0 Å². The van der Waals surface area contributed by atoms with Crippen LogP contribution < -0.4 is 5.69 Å². The number of imidazole rings is 1. The minimum absolute atomic E-state index is 0.0341. The Morgan fingerprint density at radius 3 is 2.46 bits per heavy atom. The number of piperidine rings is 1. The van der Waals surface area contributed by atoms with E-state index in [9.17, 15) is 9.59 Å². The molecule has 0 aliphatic carbocycles. The molecule has 9 nitrogen and oxygen atoms in total. The Labute approximate surface area is 203 Å². The Morgan fingerprint density at radius 2 is 1.80 bits per heavy atom. The van der Waals surface area contributed by atoms with Crippen molar-refractivity contribution in [3.63, 3.8) is 0 Å². The number of rotatable bonds is 2. The van der Waals surface area contributed by atoms with Gasteiger partial charge in [0, 0.05) is 49.0 Å². The second kappa shape index (κ2) is 8.48.